The van der Waals surface area contributed by atoms with E-state index in [1.165, 1.54) is 12.8 Å². The van der Waals surface area contributed by atoms with Gasteiger partial charge in [0.15, 0.2) is 5.82 Å². The fourth-order valence-electron chi connectivity index (χ4n) is 5.53. The first-order valence-electron chi connectivity index (χ1n) is 13.6. The smallest absolute Gasteiger partial charge is 0.268 e. The van der Waals surface area contributed by atoms with Crippen molar-refractivity contribution in [3.63, 3.8) is 0 Å². The first-order valence-corrected chi connectivity index (χ1v) is 13.6. The van der Waals surface area contributed by atoms with E-state index in [2.05, 4.69) is 10.6 Å². The summed E-state index contributed by atoms with van der Waals surface area (Å²) in [5.74, 6) is 1.85. The molecule has 1 aromatic carbocycles. The number of nitrogens with zero attached hydrogens (tertiary/aromatic N) is 6. The zero-order chi connectivity index (χ0) is 27.6. The third-order valence-electron chi connectivity index (χ3n) is 8.02. The van der Waals surface area contributed by atoms with Crippen LogP contribution in [0.1, 0.15) is 49.2 Å². The molecule has 0 spiro atoms. The van der Waals surface area contributed by atoms with Crippen molar-refractivity contribution < 1.29 is 14.6 Å². The predicted octanol–water partition coefficient (Wildman–Crippen LogP) is 3.26. The highest BCUT2D eigenvalue weighted by Gasteiger charge is 2.30. The molecule has 1 aliphatic heterocycles. The predicted molar refractivity (Wildman–Crippen MR) is 150 cm³/mol. The number of hydrogen-bond acceptors (Lipinski definition) is 7. The third-order valence-corrected chi connectivity index (χ3v) is 8.02. The Labute approximate surface area is 227 Å². The van der Waals surface area contributed by atoms with Crippen molar-refractivity contribution in [3.8, 4) is 17.3 Å². The number of imidazole rings is 1. The van der Waals surface area contributed by atoms with Crippen molar-refractivity contribution in [1.29, 1.82) is 0 Å². The Bertz CT molecular complexity index is 1580. The van der Waals surface area contributed by atoms with Gasteiger partial charge < -0.3 is 24.7 Å². The molecule has 1 saturated carbocycles. The van der Waals surface area contributed by atoms with Crippen LogP contribution in [0.5, 0.6) is 5.75 Å². The second-order valence-electron chi connectivity index (χ2n) is 11.6. The first-order chi connectivity index (χ1) is 18.5. The minimum absolute atomic E-state index is 0.0452. The van der Waals surface area contributed by atoms with Gasteiger partial charge in [0, 0.05) is 44.2 Å². The van der Waals surface area contributed by atoms with Crippen molar-refractivity contribution in [2.24, 2.45) is 18.7 Å². The van der Waals surface area contributed by atoms with Crippen LogP contribution in [0.4, 0.5) is 0 Å². The average Bonchev–Trinajstić information content (AvgIpc) is 3.57. The van der Waals surface area contributed by atoms with Crippen LogP contribution in [-0.4, -0.2) is 73.4 Å². The summed E-state index contributed by atoms with van der Waals surface area (Å²) >= 11 is 0. The van der Waals surface area contributed by atoms with Crippen molar-refractivity contribution in [2.75, 3.05) is 27.2 Å². The lowest BCUT2D eigenvalue weighted by Gasteiger charge is -2.38. The lowest BCUT2D eigenvalue weighted by Crippen LogP contribution is -2.55. The van der Waals surface area contributed by atoms with Gasteiger partial charge in [-0.2, -0.15) is 0 Å². The summed E-state index contributed by atoms with van der Waals surface area (Å²) in [5.41, 5.74) is 9.59. The number of rotatable bonds is 6. The number of carbonyl (C=O) groups excluding carboxylic acids is 1. The summed E-state index contributed by atoms with van der Waals surface area (Å²) in [4.78, 5) is 23.5. The number of ether oxygens (including phenoxy) is 1. The molecule has 0 unspecified atom stereocenters. The number of pyridine rings is 1. The minimum Gasteiger partial charge on any atom is -0.494 e. The Morgan fingerprint density at radius 3 is 2.62 bits per heavy atom. The van der Waals surface area contributed by atoms with Crippen LogP contribution in [0.2, 0.25) is 0 Å². The molecule has 3 N–H and O–H groups in total. The molecule has 10 nitrogen and oxygen atoms in total. The topological polar surface area (TPSA) is 115 Å². The number of carbonyl (C=O) groups is 1. The van der Waals surface area contributed by atoms with Gasteiger partial charge in [-0.05, 0) is 69.4 Å². The molecule has 39 heavy (non-hydrogen) atoms. The van der Waals surface area contributed by atoms with Gasteiger partial charge in [0.2, 0.25) is 0 Å². The SMILES string of the molecule is COc1cc(C(=O)N2C[C@H](N)CCN2C)cc2nc(-c3cc4ccc(C(C)(C)O)nc4n3CC3CC3)n(C)c12. The molecule has 1 atom stereocenters. The normalized spacial score (nSPS) is 18.8. The highest BCUT2D eigenvalue weighted by molar-refractivity contribution is 6.00. The molecule has 2 fully saturated rings. The summed E-state index contributed by atoms with van der Waals surface area (Å²) in [7, 11) is 5.50. The highest BCUT2D eigenvalue weighted by Crippen LogP contribution is 2.38. The van der Waals surface area contributed by atoms with Crippen LogP contribution in [0.15, 0.2) is 30.3 Å². The van der Waals surface area contributed by atoms with Gasteiger partial charge in [-0.1, -0.05) is 0 Å². The highest BCUT2D eigenvalue weighted by atomic mass is 16.5. The van der Waals surface area contributed by atoms with E-state index < -0.39 is 5.60 Å². The summed E-state index contributed by atoms with van der Waals surface area (Å²) in [6, 6.07) is 9.60. The fraction of sp³-hybridized carbons (Fsp3) is 0.483. The number of aromatic nitrogens is 4. The van der Waals surface area contributed by atoms with E-state index in [-0.39, 0.29) is 11.9 Å². The van der Waals surface area contributed by atoms with Gasteiger partial charge in [0.1, 0.15) is 22.5 Å². The zero-order valence-electron chi connectivity index (χ0n) is 23.3. The van der Waals surface area contributed by atoms with Gasteiger partial charge in [-0.3, -0.25) is 9.80 Å². The molecule has 10 heteroatoms. The number of hydrogen-bond donors (Lipinski definition) is 2. The summed E-state index contributed by atoms with van der Waals surface area (Å²) < 4.78 is 10.0. The molecular weight excluding hydrogens is 494 g/mol. The van der Waals surface area contributed by atoms with Crippen molar-refractivity contribution >= 4 is 28.0 Å². The van der Waals surface area contributed by atoms with Gasteiger partial charge in [0.25, 0.3) is 5.91 Å². The van der Waals surface area contributed by atoms with E-state index in [1.54, 1.807) is 32.0 Å². The monoisotopic (exact) mass is 531 g/mol. The number of benzene rings is 1. The number of fused-ring (bicyclic) bond motifs is 2. The molecule has 0 radical (unpaired) electrons. The van der Waals surface area contributed by atoms with Crippen LogP contribution in [-0.2, 0) is 19.2 Å². The molecular formula is C29H37N7O3. The lowest BCUT2D eigenvalue weighted by molar-refractivity contribution is -0.0168. The van der Waals surface area contributed by atoms with E-state index in [4.69, 9.17) is 20.4 Å². The number of amides is 1. The van der Waals surface area contributed by atoms with E-state index in [0.717, 1.165) is 47.6 Å². The molecule has 1 amide bonds. The zero-order valence-corrected chi connectivity index (χ0v) is 23.3. The van der Waals surface area contributed by atoms with Crippen molar-refractivity contribution in [3.05, 3.63) is 41.6 Å². The van der Waals surface area contributed by atoms with Crippen LogP contribution >= 0.6 is 0 Å². The number of aliphatic hydroxyl groups is 1. The van der Waals surface area contributed by atoms with E-state index in [9.17, 15) is 9.90 Å². The van der Waals surface area contributed by atoms with Gasteiger partial charge >= 0.3 is 0 Å². The van der Waals surface area contributed by atoms with Crippen molar-refractivity contribution in [1.82, 2.24) is 29.1 Å². The Morgan fingerprint density at radius 2 is 1.92 bits per heavy atom. The molecule has 3 aromatic heterocycles. The maximum Gasteiger partial charge on any atom is 0.268 e. The second kappa shape index (κ2) is 9.32. The maximum atomic E-state index is 13.5. The van der Waals surface area contributed by atoms with Crippen LogP contribution in [0.3, 0.4) is 0 Å². The average molecular weight is 532 g/mol. The Hall–Kier alpha value is -3.47. The van der Waals surface area contributed by atoms with Crippen LogP contribution in [0, 0.1) is 5.92 Å². The number of nitrogens with two attached hydrogens (primary N) is 1. The molecule has 0 bridgehead atoms. The quantitative estimate of drug-likeness (QED) is 0.393. The third kappa shape index (κ3) is 4.56. The van der Waals surface area contributed by atoms with Crippen LogP contribution in [0.25, 0.3) is 33.6 Å². The summed E-state index contributed by atoms with van der Waals surface area (Å²) in [6.45, 7) is 5.55. The second-order valence-corrected chi connectivity index (χ2v) is 11.6. The molecule has 1 aliphatic carbocycles. The Kier molecular flexibility index (Phi) is 6.16. The summed E-state index contributed by atoms with van der Waals surface area (Å²) in [5, 5.41) is 15.2. The molecule has 1 saturated heterocycles. The number of hydrazine groups is 1. The molecule has 4 aromatic rings. The Morgan fingerprint density at radius 1 is 1.15 bits per heavy atom. The first kappa shape index (κ1) is 25.8. The minimum atomic E-state index is -1.04. The van der Waals surface area contributed by atoms with Crippen LogP contribution < -0.4 is 10.5 Å². The molecule has 2 aliphatic rings. The number of methoxy groups -OCH3 is 1. The lowest BCUT2D eigenvalue weighted by atomic mass is 10.0. The maximum absolute atomic E-state index is 13.5. The van der Waals surface area contributed by atoms with Gasteiger partial charge in [0.05, 0.1) is 30.6 Å². The molecule has 206 valence electrons. The standard InChI is InChI=1S/C29H37N7O3/c1-29(2,38)24-9-8-18-13-22(35(26(18)32-24)15-17-6-7-17)27-31-21-12-19(14-23(39-5)25(21)34(27)4)28(37)36-16-20(30)10-11-33(36)3/h8-9,12-14,17,20,38H,6-7,10-11,15-16,30H2,1-5H3/t20-/m1/s1. The largest absolute Gasteiger partial charge is 0.494 e. The van der Waals surface area contributed by atoms with E-state index in [0.29, 0.717) is 35.0 Å². The van der Waals surface area contributed by atoms with E-state index in [1.807, 2.05) is 41.9 Å². The number of aryl methyl sites for hydroxylation is 1. The van der Waals surface area contributed by atoms with E-state index >= 15 is 0 Å². The Balaban J connectivity index is 1.49. The molecule has 4 heterocycles. The van der Waals surface area contributed by atoms with Gasteiger partial charge in [-0.15, -0.1) is 0 Å². The van der Waals surface area contributed by atoms with Crippen molar-refractivity contribution in [2.45, 2.75) is 51.3 Å². The molecule has 6 rings (SSSR count). The summed E-state index contributed by atoms with van der Waals surface area (Å²) in [6.07, 6.45) is 3.24. The van der Waals surface area contributed by atoms with Gasteiger partial charge in [-0.25, -0.2) is 15.0 Å². The fourth-order valence-corrected chi connectivity index (χ4v) is 5.53.